The first-order valence-electron chi connectivity index (χ1n) is 4.56. The maximum atomic E-state index is 10.3. The van der Waals surface area contributed by atoms with Gasteiger partial charge in [-0.05, 0) is 37.0 Å². The van der Waals surface area contributed by atoms with E-state index in [9.17, 15) is 4.79 Å². The molecular formula is C11H13BrO2. The van der Waals surface area contributed by atoms with Gasteiger partial charge in [0.2, 0.25) is 0 Å². The molecule has 3 heteroatoms. The predicted octanol–water partition coefficient (Wildman–Crippen LogP) is 3.16. The molecular weight excluding hydrogens is 244 g/mol. The summed E-state index contributed by atoms with van der Waals surface area (Å²) in [6, 6.07) is 6.14. The monoisotopic (exact) mass is 256 g/mol. The summed E-state index contributed by atoms with van der Waals surface area (Å²) in [5.41, 5.74) is 2.38. The topological polar surface area (TPSA) is 37.3 Å². The summed E-state index contributed by atoms with van der Waals surface area (Å²) in [7, 11) is 0. The number of aliphatic carboxylic acids is 1. The van der Waals surface area contributed by atoms with Crippen LogP contribution in [0.3, 0.4) is 0 Å². The molecule has 14 heavy (non-hydrogen) atoms. The molecule has 0 unspecified atom stereocenters. The van der Waals surface area contributed by atoms with E-state index in [1.54, 1.807) is 0 Å². The Hall–Kier alpha value is -0.830. The van der Waals surface area contributed by atoms with Gasteiger partial charge in [-0.25, -0.2) is 0 Å². The molecule has 0 fully saturated rings. The van der Waals surface area contributed by atoms with E-state index in [1.165, 1.54) is 11.1 Å². The van der Waals surface area contributed by atoms with Gasteiger partial charge in [0.1, 0.15) is 0 Å². The van der Waals surface area contributed by atoms with Gasteiger partial charge in [0, 0.05) is 10.9 Å². The minimum absolute atomic E-state index is 0.236. The lowest BCUT2D eigenvalue weighted by Crippen LogP contribution is -1.96. The maximum absolute atomic E-state index is 10.3. The second-order valence-corrected chi connectivity index (χ2v) is 4.20. The second-order valence-electron chi connectivity index (χ2n) is 3.34. The average molecular weight is 257 g/mol. The molecule has 0 heterocycles. The zero-order valence-corrected chi connectivity index (χ0v) is 9.67. The van der Waals surface area contributed by atoms with Crippen LogP contribution in [0, 0.1) is 6.92 Å². The van der Waals surface area contributed by atoms with Crippen LogP contribution < -0.4 is 0 Å². The molecule has 0 bridgehead atoms. The zero-order valence-electron chi connectivity index (χ0n) is 8.09. The quantitative estimate of drug-likeness (QED) is 0.899. The van der Waals surface area contributed by atoms with Crippen LogP contribution >= 0.6 is 15.9 Å². The van der Waals surface area contributed by atoms with Crippen molar-refractivity contribution >= 4 is 21.9 Å². The predicted molar refractivity (Wildman–Crippen MR) is 59.5 cm³/mol. The molecule has 0 radical (unpaired) electrons. The highest BCUT2D eigenvalue weighted by Gasteiger charge is 2.02. The molecule has 1 aromatic carbocycles. The van der Waals surface area contributed by atoms with E-state index in [2.05, 4.69) is 22.0 Å². The lowest BCUT2D eigenvalue weighted by atomic mass is 10.1. The summed E-state index contributed by atoms with van der Waals surface area (Å²) < 4.78 is 1.07. The normalized spacial score (nSPS) is 10.1. The Bertz CT molecular complexity index is 334. The molecule has 1 rings (SSSR count). The Morgan fingerprint density at radius 3 is 2.79 bits per heavy atom. The lowest BCUT2D eigenvalue weighted by Gasteiger charge is -2.04. The van der Waals surface area contributed by atoms with Crippen LogP contribution in [-0.4, -0.2) is 11.1 Å². The first-order chi connectivity index (χ1) is 6.59. The summed E-state index contributed by atoms with van der Waals surface area (Å²) in [4.78, 5) is 10.3. The van der Waals surface area contributed by atoms with Gasteiger partial charge in [-0.3, -0.25) is 4.79 Å². The number of carboxylic acid groups (broad SMARTS) is 1. The molecule has 0 aliphatic rings. The molecule has 0 atom stereocenters. The minimum Gasteiger partial charge on any atom is -0.481 e. The SMILES string of the molecule is Cc1ccc(CCCC(=O)O)c(Br)c1. The lowest BCUT2D eigenvalue weighted by molar-refractivity contribution is -0.137. The Morgan fingerprint density at radius 1 is 1.50 bits per heavy atom. The fraction of sp³-hybridized carbons (Fsp3) is 0.364. The molecule has 0 saturated heterocycles. The van der Waals surface area contributed by atoms with E-state index >= 15 is 0 Å². The molecule has 1 aromatic rings. The van der Waals surface area contributed by atoms with Crippen molar-refractivity contribution in [1.29, 1.82) is 0 Å². The fourth-order valence-corrected chi connectivity index (χ4v) is 1.98. The molecule has 0 aliphatic carbocycles. The molecule has 0 spiro atoms. The van der Waals surface area contributed by atoms with Crippen molar-refractivity contribution in [3.8, 4) is 0 Å². The number of hydrogen-bond acceptors (Lipinski definition) is 1. The van der Waals surface area contributed by atoms with Crippen LogP contribution in [0.5, 0.6) is 0 Å². The summed E-state index contributed by atoms with van der Waals surface area (Å²) in [6.45, 7) is 2.03. The molecule has 0 saturated carbocycles. The van der Waals surface area contributed by atoms with Crippen molar-refractivity contribution in [2.75, 3.05) is 0 Å². The summed E-state index contributed by atoms with van der Waals surface area (Å²) in [6.07, 6.45) is 1.74. The van der Waals surface area contributed by atoms with Crippen molar-refractivity contribution in [3.05, 3.63) is 33.8 Å². The molecule has 2 nitrogen and oxygen atoms in total. The van der Waals surface area contributed by atoms with Gasteiger partial charge in [0.15, 0.2) is 0 Å². The van der Waals surface area contributed by atoms with Crippen molar-refractivity contribution in [3.63, 3.8) is 0 Å². The molecule has 1 N–H and O–H groups in total. The van der Waals surface area contributed by atoms with Crippen LogP contribution in [0.15, 0.2) is 22.7 Å². The number of carbonyl (C=O) groups is 1. The highest BCUT2D eigenvalue weighted by molar-refractivity contribution is 9.10. The zero-order chi connectivity index (χ0) is 10.6. The highest BCUT2D eigenvalue weighted by atomic mass is 79.9. The number of rotatable bonds is 4. The van der Waals surface area contributed by atoms with E-state index in [4.69, 9.17) is 5.11 Å². The van der Waals surface area contributed by atoms with Crippen LogP contribution in [0.1, 0.15) is 24.0 Å². The van der Waals surface area contributed by atoms with Crippen molar-refractivity contribution in [2.24, 2.45) is 0 Å². The maximum Gasteiger partial charge on any atom is 0.303 e. The highest BCUT2D eigenvalue weighted by Crippen LogP contribution is 2.20. The van der Waals surface area contributed by atoms with Crippen molar-refractivity contribution in [1.82, 2.24) is 0 Å². The number of aryl methyl sites for hydroxylation is 2. The van der Waals surface area contributed by atoms with E-state index in [0.717, 1.165) is 10.9 Å². The van der Waals surface area contributed by atoms with Gasteiger partial charge >= 0.3 is 5.97 Å². The van der Waals surface area contributed by atoms with Crippen LogP contribution in [0.2, 0.25) is 0 Å². The summed E-state index contributed by atoms with van der Waals surface area (Å²) in [5, 5.41) is 8.49. The number of carboxylic acids is 1. The molecule has 0 aromatic heterocycles. The molecule has 0 amide bonds. The van der Waals surface area contributed by atoms with Gasteiger partial charge in [-0.2, -0.15) is 0 Å². The third kappa shape index (κ3) is 3.50. The van der Waals surface area contributed by atoms with Crippen LogP contribution in [-0.2, 0) is 11.2 Å². The van der Waals surface area contributed by atoms with Crippen molar-refractivity contribution < 1.29 is 9.90 Å². The van der Waals surface area contributed by atoms with Crippen molar-refractivity contribution in [2.45, 2.75) is 26.2 Å². The second kappa shape index (κ2) is 5.15. The van der Waals surface area contributed by atoms with Crippen LogP contribution in [0.4, 0.5) is 0 Å². The van der Waals surface area contributed by atoms with Crippen LogP contribution in [0.25, 0.3) is 0 Å². The minimum atomic E-state index is -0.728. The standard InChI is InChI=1S/C11H13BrO2/c1-8-5-6-9(10(12)7-8)3-2-4-11(13)14/h5-7H,2-4H2,1H3,(H,13,14). The Balaban J connectivity index is 2.55. The Morgan fingerprint density at radius 2 is 2.21 bits per heavy atom. The van der Waals surface area contributed by atoms with E-state index in [0.29, 0.717) is 6.42 Å². The average Bonchev–Trinajstić information content (AvgIpc) is 2.08. The van der Waals surface area contributed by atoms with Gasteiger partial charge in [0.25, 0.3) is 0 Å². The largest absolute Gasteiger partial charge is 0.481 e. The number of halogens is 1. The van der Waals surface area contributed by atoms with E-state index in [-0.39, 0.29) is 6.42 Å². The van der Waals surface area contributed by atoms with Gasteiger partial charge in [-0.15, -0.1) is 0 Å². The third-order valence-electron chi connectivity index (χ3n) is 2.05. The first-order valence-corrected chi connectivity index (χ1v) is 5.35. The molecule has 76 valence electrons. The Kier molecular flexibility index (Phi) is 4.14. The first kappa shape index (κ1) is 11.2. The third-order valence-corrected chi connectivity index (χ3v) is 2.78. The number of benzene rings is 1. The van der Waals surface area contributed by atoms with E-state index in [1.807, 2.05) is 19.1 Å². The summed E-state index contributed by atoms with van der Waals surface area (Å²) in [5.74, 6) is -0.728. The summed E-state index contributed by atoms with van der Waals surface area (Å²) >= 11 is 3.47. The molecule has 0 aliphatic heterocycles. The fourth-order valence-electron chi connectivity index (χ4n) is 1.29. The van der Waals surface area contributed by atoms with Gasteiger partial charge < -0.3 is 5.11 Å². The van der Waals surface area contributed by atoms with Gasteiger partial charge in [0.05, 0.1) is 0 Å². The van der Waals surface area contributed by atoms with E-state index < -0.39 is 5.97 Å². The Labute approximate surface area is 92.1 Å². The van der Waals surface area contributed by atoms with Gasteiger partial charge in [-0.1, -0.05) is 28.1 Å². The smallest absolute Gasteiger partial charge is 0.303 e. The number of hydrogen-bond donors (Lipinski definition) is 1.